The second-order valence-electron chi connectivity index (χ2n) is 2.55. The van der Waals surface area contributed by atoms with Crippen molar-refractivity contribution in [2.45, 2.75) is 25.3 Å². The van der Waals surface area contributed by atoms with Crippen LogP contribution in [0.4, 0.5) is 0 Å². The van der Waals surface area contributed by atoms with E-state index in [-0.39, 0.29) is 11.9 Å². The van der Waals surface area contributed by atoms with Gasteiger partial charge in [-0.05, 0) is 6.42 Å². The number of rotatable bonds is 2. The highest BCUT2D eigenvalue weighted by Gasteiger charge is 2.26. The van der Waals surface area contributed by atoms with Gasteiger partial charge in [0.2, 0.25) is 12.2 Å². The molecule has 0 N–H and O–H groups in total. The summed E-state index contributed by atoms with van der Waals surface area (Å²) in [5.74, 6) is 0.139. The van der Waals surface area contributed by atoms with Gasteiger partial charge in [-0.3, -0.25) is 9.59 Å². The molecule has 3 heteroatoms. The maximum absolute atomic E-state index is 10.9. The average Bonchev–Trinajstić information content (AvgIpc) is 2.20. The molecule has 0 aromatic rings. The van der Waals surface area contributed by atoms with E-state index < -0.39 is 0 Å². The molecule has 0 aliphatic carbocycles. The number of amides is 1. The van der Waals surface area contributed by atoms with E-state index in [9.17, 15) is 9.59 Å². The zero-order valence-corrected chi connectivity index (χ0v) is 5.96. The van der Waals surface area contributed by atoms with Crippen LogP contribution >= 0.6 is 0 Å². The maximum Gasteiger partial charge on any atom is 0.222 e. The van der Waals surface area contributed by atoms with Crippen LogP contribution in [0.15, 0.2) is 0 Å². The molecule has 1 unspecified atom stereocenters. The highest BCUT2D eigenvalue weighted by molar-refractivity contribution is 5.79. The molecule has 55 valence electrons. The lowest BCUT2D eigenvalue weighted by atomic mass is 10.2. The van der Waals surface area contributed by atoms with Crippen molar-refractivity contribution in [1.82, 2.24) is 4.90 Å². The standard InChI is InChI=1S/C7H10NO2/c1-8-6(4-5-9)2-3-7(8)10/h6H,2-4H2,1H3. The van der Waals surface area contributed by atoms with Crippen LogP contribution in [0.3, 0.4) is 0 Å². The summed E-state index contributed by atoms with van der Waals surface area (Å²) in [5, 5.41) is 0. The van der Waals surface area contributed by atoms with Gasteiger partial charge in [-0.1, -0.05) is 0 Å². The first-order valence-electron chi connectivity index (χ1n) is 3.36. The van der Waals surface area contributed by atoms with Gasteiger partial charge >= 0.3 is 0 Å². The predicted molar refractivity (Wildman–Crippen MR) is 36.1 cm³/mol. The van der Waals surface area contributed by atoms with Crippen molar-refractivity contribution in [2.75, 3.05) is 7.05 Å². The topological polar surface area (TPSA) is 37.4 Å². The van der Waals surface area contributed by atoms with E-state index in [0.717, 1.165) is 6.42 Å². The molecule has 1 fully saturated rings. The minimum atomic E-state index is 0.116. The quantitative estimate of drug-likeness (QED) is 0.545. The third-order valence-electron chi connectivity index (χ3n) is 1.95. The number of nitrogens with zero attached hydrogens (tertiary/aromatic N) is 1. The van der Waals surface area contributed by atoms with Crippen molar-refractivity contribution in [2.24, 2.45) is 0 Å². The molecule has 1 aliphatic heterocycles. The molecule has 0 aromatic heterocycles. The molecule has 1 saturated heterocycles. The fourth-order valence-electron chi connectivity index (χ4n) is 1.20. The molecule has 0 bridgehead atoms. The van der Waals surface area contributed by atoms with Gasteiger partial charge in [0.25, 0.3) is 0 Å². The Balaban J connectivity index is 2.48. The fourth-order valence-corrected chi connectivity index (χ4v) is 1.20. The van der Waals surface area contributed by atoms with Crippen LogP contribution in [0.25, 0.3) is 0 Å². The van der Waals surface area contributed by atoms with E-state index in [2.05, 4.69) is 0 Å². The zero-order valence-electron chi connectivity index (χ0n) is 5.96. The Morgan fingerprint density at radius 3 is 2.90 bits per heavy atom. The van der Waals surface area contributed by atoms with Crippen LogP contribution in [0.1, 0.15) is 19.3 Å². The second kappa shape index (κ2) is 2.82. The molecule has 1 radical (unpaired) electrons. The first-order valence-corrected chi connectivity index (χ1v) is 3.36. The van der Waals surface area contributed by atoms with Crippen LogP contribution < -0.4 is 0 Å². The van der Waals surface area contributed by atoms with Crippen molar-refractivity contribution in [3.8, 4) is 0 Å². The Bertz CT molecular complexity index is 156. The van der Waals surface area contributed by atoms with Crippen molar-refractivity contribution >= 4 is 12.2 Å². The molecule has 3 nitrogen and oxygen atoms in total. The van der Waals surface area contributed by atoms with Gasteiger partial charge in [0, 0.05) is 25.9 Å². The summed E-state index contributed by atoms with van der Waals surface area (Å²) >= 11 is 0. The Kier molecular flexibility index (Phi) is 2.04. The number of carbonyl (C=O) groups is 1. The Morgan fingerprint density at radius 2 is 2.50 bits per heavy atom. The fraction of sp³-hybridized carbons (Fsp3) is 0.714. The zero-order chi connectivity index (χ0) is 7.56. The minimum Gasteiger partial charge on any atom is -0.342 e. The SMILES string of the molecule is CN1C(=O)CCC1C[C]=O. The molecule has 1 atom stereocenters. The Labute approximate surface area is 60.0 Å². The summed E-state index contributed by atoms with van der Waals surface area (Å²) in [5.41, 5.74) is 0. The van der Waals surface area contributed by atoms with Gasteiger partial charge in [0.15, 0.2) is 0 Å². The van der Waals surface area contributed by atoms with E-state index in [4.69, 9.17) is 0 Å². The first kappa shape index (κ1) is 7.25. The molecule has 0 spiro atoms. The predicted octanol–water partition coefficient (Wildman–Crippen LogP) is 0.107. The smallest absolute Gasteiger partial charge is 0.222 e. The van der Waals surface area contributed by atoms with E-state index in [1.165, 1.54) is 0 Å². The third-order valence-corrected chi connectivity index (χ3v) is 1.95. The molecule has 10 heavy (non-hydrogen) atoms. The molecule has 1 amide bonds. The van der Waals surface area contributed by atoms with Crippen LogP contribution in [0.2, 0.25) is 0 Å². The monoisotopic (exact) mass is 140 g/mol. The number of carbonyl (C=O) groups excluding carboxylic acids is 2. The molecule has 1 heterocycles. The summed E-state index contributed by atoms with van der Waals surface area (Å²) in [6, 6.07) is 0.116. The van der Waals surface area contributed by atoms with Gasteiger partial charge in [0.05, 0.1) is 0 Å². The van der Waals surface area contributed by atoms with Crippen molar-refractivity contribution in [1.29, 1.82) is 0 Å². The summed E-state index contributed by atoms with van der Waals surface area (Å²) in [6.45, 7) is 0. The second-order valence-corrected chi connectivity index (χ2v) is 2.55. The molecule has 1 rings (SSSR count). The van der Waals surface area contributed by atoms with Gasteiger partial charge in [0.1, 0.15) is 0 Å². The van der Waals surface area contributed by atoms with Gasteiger partial charge in [-0.15, -0.1) is 0 Å². The molecule has 0 saturated carbocycles. The molecular formula is C7H10NO2. The highest BCUT2D eigenvalue weighted by Crippen LogP contribution is 2.17. The summed E-state index contributed by atoms with van der Waals surface area (Å²) in [6.07, 6.45) is 3.58. The Hall–Kier alpha value is -0.860. The van der Waals surface area contributed by atoms with Crippen molar-refractivity contribution < 1.29 is 9.59 Å². The lowest BCUT2D eigenvalue weighted by Gasteiger charge is -2.16. The summed E-state index contributed by atoms with van der Waals surface area (Å²) < 4.78 is 0. The number of likely N-dealkylation sites (tertiary alicyclic amines) is 1. The van der Waals surface area contributed by atoms with Crippen LogP contribution in [-0.4, -0.2) is 30.2 Å². The van der Waals surface area contributed by atoms with Crippen molar-refractivity contribution in [3.63, 3.8) is 0 Å². The van der Waals surface area contributed by atoms with E-state index in [0.29, 0.717) is 12.8 Å². The van der Waals surface area contributed by atoms with E-state index >= 15 is 0 Å². The van der Waals surface area contributed by atoms with Crippen LogP contribution in [0, 0.1) is 0 Å². The third kappa shape index (κ3) is 1.17. The first-order chi connectivity index (χ1) is 4.75. The molecule has 0 aromatic carbocycles. The lowest BCUT2D eigenvalue weighted by Crippen LogP contribution is -2.28. The van der Waals surface area contributed by atoms with Gasteiger partial charge in [-0.25, -0.2) is 0 Å². The van der Waals surface area contributed by atoms with Crippen LogP contribution in [0.5, 0.6) is 0 Å². The highest BCUT2D eigenvalue weighted by atomic mass is 16.2. The molecule has 1 aliphatic rings. The van der Waals surface area contributed by atoms with Crippen molar-refractivity contribution in [3.05, 3.63) is 0 Å². The summed E-state index contributed by atoms with van der Waals surface area (Å²) in [7, 11) is 1.73. The Morgan fingerprint density at radius 1 is 1.80 bits per heavy atom. The summed E-state index contributed by atoms with van der Waals surface area (Å²) in [4.78, 5) is 22.4. The number of hydrogen-bond acceptors (Lipinski definition) is 2. The number of hydrogen-bond donors (Lipinski definition) is 0. The van der Waals surface area contributed by atoms with E-state index in [1.54, 1.807) is 11.9 Å². The lowest BCUT2D eigenvalue weighted by molar-refractivity contribution is -0.127. The van der Waals surface area contributed by atoms with Gasteiger partial charge < -0.3 is 4.90 Å². The molecular weight excluding hydrogens is 130 g/mol. The van der Waals surface area contributed by atoms with E-state index in [1.807, 2.05) is 6.29 Å². The normalized spacial score (nSPS) is 25.5. The largest absolute Gasteiger partial charge is 0.342 e. The minimum absolute atomic E-state index is 0.116. The maximum atomic E-state index is 10.9. The van der Waals surface area contributed by atoms with Gasteiger partial charge in [-0.2, -0.15) is 0 Å². The average molecular weight is 140 g/mol. The van der Waals surface area contributed by atoms with Crippen LogP contribution in [-0.2, 0) is 9.59 Å².